The van der Waals surface area contributed by atoms with Crippen molar-refractivity contribution < 1.29 is 19.1 Å². The molecule has 0 saturated heterocycles. The number of likely N-dealkylation sites (N-methyl/N-ethyl adjacent to an activating group) is 1. The Morgan fingerprint density at radius 3 is 2.07 bits per heavy atom. The number of quaternary nitrogens is 1. The van der Waals surface area contributed by atoms with Gasteiger partial charge in [-0.25, -0.2) is 0 Å². The molecule has 0 bridgehead atoms. The van der Waals surface area contributed by atoms with Gasteiger partial charge in [-0.2, -0.15) is 0 Å². The smallest absolute Gasteiger partial charge is 0.102 e. The molecule has 92 valence electrons. The highest BCUT2D eigenvalue weighted by molar-refractivity contribution is 4.35. The van der Waals surface area contributed by atoms with Crippen molar-refractivity contribution in [2.24, 2.45) is 0 Å². The van der Waals surface area contributed by atoms with E-state index in [1.54, 1.807) is 0 Å². The monoisotopic (exact) mass is 220 g/mol. The van der Waals surface area contributed by atoms with Crippen LogP contribution in [0, 0.1) is 0 Å². The first kappa shape index (κ1) is 14.8. The zero-order valence-electron chi connectivity index (χ0n) is 10.4. The van der Waals surface area contributed by atoms with Crippen molar-refractivity contribution in [3.8, 4) is 0 Å². The molecule has 4 nitrogen and oxygen atoms in total. The molecule has 0 aliphatic carbocycles. The van der Waals surface area contributed by atoms with E-state index in [1.807, 2.05) is 0 Å². The van der Waals surface area contributed by atoms with Gasteiger partial charge in [-0.05, 0) is 6.42 Å². The molecule has 0 spiro atoms. The molecule has 0 fully saturated rings. The van der Waals surface area contributed by atoms with Crippen LogP contribution in [-0.4, -0.2) is 69.8 Å². The number of hydrogen-bond acceptors (Lipinski definition) is 3. The second kappa shape index (κ2) is 9.09. The fourth-order valence-corrected chi connectivity index (χ4v) is 1.16. The first-order valence-corrected chi connectivity index (χ1v) is 5.70. The Labute approximate surface area is 93.4 Å². The molecule has 0 amide bonds. The van der Waals surface area contributed by atoms with Gasteiger partial charge in [0.2, 0.25) is 0 Å². The van der Waals surface area contributed by atoms with Crippen molar-refractivity contribution in [3.05, 3.63) is 0 Å². The highest BCUT2D eigenvalue weighted by Gasteiger charge is 2.12. The lowest BCUT2D eigenvalue weighted by molar-refractivity contribution is -0.891. The minimum atomic E-state index is 0.229. The van der Waals surface area contributed by atoms with Crippen LogP contribution < -0.4 is 0 Å². The number of rotatable bonds is 10. The molecule has 0 atom stereocenters. The Hall–Kier alpha value is -0.160. The summed E-state index contributed by atoms with van der Waals surface area (Å²) in [5.74, 6) is 0. The number of ether oxygens (including phenoxy) is 2. The molecular formula is C11H26NO3+. The molecule has 15 heavy (non-hydrogen) atoms. The van der Waals surface area contributed by atoms with Gasteiger partial charge in [-0.15, -0.1) is 0 Å². The normalized spacial score (nSPS) is 12.0. The predicted molar refractivity (Wildman–Crippen MR) is 60.9 cm³/mol. The van der Waals surface area contributed by atoms with Gasteiger partial charge in [0.1, 0.15) is 13.1 Å². The summed E-state index contributed by atoms with van der Waals surface area (Å²) in [6, 6.07) is 0. The molecule has 0 heterocycles. The van der Waals surface area contributed by atoms with Crippen LogP contribution in [0.3, 0.4) is 0 Å². The van der Waals surface area contributed by atoms with Gasteiger partial charge >= 0.3 is 0 Å². The summed E-state index contributed by atoms with van der Waals surface area (Å²) in [5.41, 5.74) is 0. The quantitative estimate of drug-likeness (QED) is 0.430. The van der Waals surface area contributed by atoms with Gasteiger partial charge in [-0.1, -0.05) is 6.92 Å². The summed E-state index contributed by atoms with van der Waals surface area (Å²) in [7, 11) is 4.18. The molecule has 0 saturated carbocycles. The summed E-state index contributed by atoms with van der Waals surface area (Å²) in [6.07, 6.45) is 1.06. The number of hydrogen-bond donors (Lipinski definition) is 1. The largest absolute Gasteiger partial charge is 0.391 e. The molecule has 0 rings (SSSR count). The summed E-state index contributed by atoms with van der Waals surface area (Å²) in [4.78, 5) is 0. The average molecular weight is 220 g/mol. The standard InChI is InChI=1S/C11H26NO3/c1-4-8-14-10-11-15-9-6-12(2,3)5-7-13/h13H,4-11H2,1-3H3/q+1. The van der Waals surface area contributed by atoms with E-state index in [0.29, 0.717) is 13.2 Å². The van der Waals surface area contributed by atoms with Crippen LogP contribution in [0.4, 0.5) is 0 Å². The third-order valence-corrected chi connectivity index (χ3v) is 2.27. The van der Waals surface area contributed by atoms with Crippen LogP contribution in [0.5, 0.6) is 0 Å². The molecule has 4 heteroatoms. The summed E-state index contributed by atoms with van der Waals surface area (Å²) < 4.78 is 11.5. The lowest BCUT2D eigenvalue weighted by Gasteiger charge is -2.28. The molecule has 0 aliphatic heterocycles. The zero-order valence-corrected chi connectivity index (χ0v) is 10.4. The van der Waals surface area contributed by atoms with E-state index in [2.05, 4.69) is 21.0 Å². The minimum absolute atomic E-state index is 0.229. The highest BCUT2D eigenvalue weighted by Crippen LogP contribution is 1.95. The van der Waals surface area contributed by atoms with Crippen LogP contribution in [-0.2, 0) is 9.47 Å². The van der Waals surface area contributed by atoms with Gasteiger partial charge in [0, 0.05) is 6.61 Å². The van der Waals surface area contributed by atoms with Crippen LogP contribution >= 0.6 is 0 Å². The number of nitrogens with zero attached hydrogens (tertiary/aromatic N) is 1. The maximum absolute atomic E-state index is 8.83. The van der Waals surface area contributed by atoms with Gasteiger partial charge in [-0.3, -0.25) is 0 Å². The topological polar surface area (TPSA) is 38.7 Å². The van der Waals surface area contributed by atoms with Crippen LogP contribution in [0.25, 0.3) is 0 Å². The first-order chi connectivity index (χ1) is 7.12. The summed E-state index contributed by atoms with van der Waals surface area (Å²) in [5, 5.41) is 8.83. The molecule has 0 aliphatic rings. The Balaban J connectivity index is 3.22. The Bertz CT molecular complexity index is 140. The minimum Gasteiger partial charge on any atom is -0.391 e. The fourth-order valence-electron chi connectivity index (χ4n) is 1.16. The Morgan fingerprint density at radius 1 is 0.933 bits per heavy atom. The molecule has 0 unspecified atom stereocenters. The number of aliphatic hydroxyl groups excluding tert-OH is 1. The maximum Gasteiger partial charge on any atom is 0.102 e. The van der Waals surface area contributed by atoms with E-state index in [-0.39, 0.29) is 6.61 Å². The first-order valence-electron chi connectivity index (χ1n) is 5.70. The Morgan fingerprint density at radius 2 is 1.53 bits per heavy atom. The average Bonchev–Trinajstić information content (AvgIpc) is 2.16. The van der Waals surface area contributed by atoms with Crippen LogP contribution in [0.1, 0.15) is 13.3 Å². The van der Waals surface area contributed by atoms with Crippen molar-refractivity contribution in [1.29, 1.82) is 0 Å². The van der Waals surface area contributed by atoms with Crippen molar-refractivity contribution in [1.82, 2.24) is 0 Å². The zero-order chi connectivity index (χ0) is 11.6. The second-order valence-electron chi connectivity index (χ2n) is 4.33. The molecule has 0 aromatic rings. The highest BCUT2D eigenvalue weighted by atomic mass is 16.5. The molecule has 0 aromatic carbocycles. The summed E-state index contributed by atoms with van der Waals surface area (Å²) in [6.45, 7) is 6.91. The third-order valence-electron chi connectivity index (χ3n) is 2.27. The van der Waals surface area contributed by atoms with Gasteiger partial charge in [0.15, 0.2) is 0 Å². The van der Waals surface area contributed by atoms with E-state index >= 15 is 0 Å². The SMILES string of the molecule is CCCOCCOCC[N+](C)(C)CCO. The third kappa shape index (κ3) is 10.1. The maximum atomic E-state index is 8.83. The van der Waals surface area contributed by atoms with Crippen LogP contribution in [0.15, 0.2) is 0 Å². The van der Waals surface area contributed by atoms with E-state index in [0.717, 1.165) is 37.2 Å². The van der Waals surface area contributed by atoms with Gasteiger partial charge in [0.25, 0.3) is 0 Å². The second-order valence-corrected chi connectivity index (χ2v) is 4.33. The fraction of sp³-hybridized carbons (Fsp3) is 1.00. The van der Waals surface area contributed by atoms with E-state index in [1.165, 1.54) is 0 Å². The van der Waals surface area contributed by atoms with Crippen LogP contribution in [0.2, 0.25) is 0 Å². The van der Waals surface area contributed by atoms with E-state index in [9.17, 15) is 0 Å². The number of aliphatic hydroxyl groups is 1. The van der Waals surface area contributed by atoms with E-state index in [4.69, 9.17) is 14.6 Å². The summed E-state index contributed by atoms with van der Waals surface area (Å²) >= 11 is 0. The molecule has 0 radical (unpaired) electrons. The van der Waals surface area contributed by atoms with Crippen molar-refractivity contribution in [3.63, 3.8) is 0 Å². The van der Waals surface area contributed by atoms with Crippen molar-refractivity contribution in [2.45, 2.75) is 13.3 Å². The molecule has 1 N–H and O–H groups in total. The molecule has 0 aromatic heterocycles. The van der Waals surface area contributed by atoms with Crippen molar-refractivity contribution >= 4 is 0 Å². The lowest BCUT2D eigenvalue weighted by Crippen LogP contribution is -2.44. The van der Waals surface area contributed by atoms with Crippen molar-refractivity contribution in [2.75, 3.05) is 60.2 Å². The predicted octanol–water partition coefficient (Wildman–Crippen LogP) is 0.498. The molecular weight excluding hydrogens is 194 g/mol. The van der Waals surface area contributed by atoms with Gasteiger partial charge in [0.05, 0.1) is 40.5 Å². The van der Waals surface area contributed by atoms with Gasteiger partial charge < -0.3 is 19.1 Å². The van der Waals surface area contributed by atoms with E-state index < -0.39 is 0 Å². The Kier molecular flexibility index (Phi) is 9.00. The lowest BCUT2D eigenvalue weighted by atomic mass is 10.4.